The summed E-state index contributed by atoms with van der Waals surface area (Å²) < 4.78 is 35.3. The summed E-state index contributed by atoms with van der Waals surface area (Å²) >= 11 is 1.50. The average molecular weight is 626 g/mol. The van der Waals surface area contributed by atoms with Crippen molar-refractivity contribution in [2.75, 3.05) is 23.7 Å². The molecule has 1 unspecified atom stereocenters. The fourth-order valence-electron chi connectivity index (χ4n) is 4.59. The molecule has 2 amide bonds. The van der Waals surface area contributed by atoms with E-state index >= 15 is 0 Å². The molecular formula is C33H43N3O5S2. The van der Waals surface area contributed by atoms with Crippen LogP contribution in [0.15, 0.2) is 82.6 Å². The third-order valence-corrected chi connectivity index (χ3v) is 9.24. The molecule has 0 bridgehead atoms. The molecule has 0 saturated heterocycles. The Morgan fingerprint density at radius 3 is 2.14 bits per heavy atom. The smallest absolute Gasteiger partial charge is 0.264 e. The van der Waals surface area contributed by atoms with Gasteiger partial charge in [0.1, 0.15) is 18.3 Å². The Kier molecular flexibility index (Phi) is 11.7. The molecule has 8 nitrogen and oxygen atoms in total. The maximum absolute atomic E-state index is 14.3. The Balaban J connectivity index is 2.12. The summed E-state index contributed by atoms with van der Waals surface area (Å²) in [6, 6.07) is 20.2. The SMILES string of the molecule is CCOc1ccccc1N(CC(=O)N(Cc1ccc(C)cc1)C(CC)C(=O)NC(C)(C)C)S(=O)(=O)c1ccc(SC)cc1. The molecule has 0 aromatic heterocycles. The first-order valence-corrected chi connectivity index (χ1v) is 17.0. The van der Waals surface area contributed by atoms with E-state index in [4.69, 9.17) is 4.74 Å². The average Bonchev–Trinajstić information content (AvgIpc) is 2.96. The minimum absolute atomic E-state index is 0.0482. The molecule has 10 heteroatoms. The lowest BCUT2D eigenvalue weighted by Crippen LogP contribution is -2.55. The highest BCUT2D eigenvalue weighted by molar-refractivity contribution is 7.98. The first-order valence-electron chi connectivity index (χ1n) is 14.4. The summed E-state index contributed by atoms with van der Waals surface area (Å²) in [6.45, 7) is 11.2. The molecule has 0 aliphatic carbocycles. The zero-order valence-corrected chi connectivity index (χ0v) is 27.7. The van der Waals surface area contributed by atoms with Crippen LogP contribution < -0.4 is 14.4 Å². The lowest BCUT2D eigenvalue weighted by atomic mass is 10.1. The molecule has 0 fully saturated rings. The van der Waals surface area contributed by atoms with Gasteiger partial charge < -0.3 is 15.0 Å². The van der Waals surface area contributed by atoms with Crippen molar-refractivity contribution in [1.29, 1.82) is 0 Å². The Hall–Kier alpha value is -3.50. The fourth-order valence-corrected chi connectivity index (χ4v) is 6.42. The number of anilines is 1. The first kappa shape index (κ1) is 34.0. The second kappa shape index (κ2) is 14.8. The summed E-state index contributed by atoms with van der Waals surface area (Å²) in [4.78, 5) is 30.2. The van der Waals surface area contributed by atoms with Gasteiger partial charge in [0.2, 0.25) is 11.8 Å². The Bertz CT molecular complexity index is 1480. The quantitative estimate of drug-likeness (QED) is 0.233. The van der Waals surface area contributed by atoms with Crippen LogP contribution in [-0.2, 0) is 26.2 Å². The molecule has 3 aromatic carbocycles. The Morgan fingerprint density at radius 2 is 1.58 bits per heavy atom. The van der Waals surface area contributed by atoms with E-state index in [0.29, 0.717) is 18.8 Å². The number of carbonyl (C=O) groups excluding carboxylic acids is 2. The largest absolute Gasteiger partial charge is 0.492 e. The number of rotatable bonds is 13. The number of ether oxygens (including phenoxy) is 1. The van der Waals surface area contributed by atoms with Crippen LogP contribution >= 0.6 is 11.8 Å². The van der Waals surface area contributed by atoms with Crippen molar-refractivity contribution in [3.63, 3.8) is 0 Å². The van der Waals surface area contributed by atoms with Gasteiger partial charge in [0.05, 0.1) is 17.2 Å². The fraction of sp³-hybridized carbons (Fsp3) is 0.394. The summed E-state index contributed by atoms with van der Waals surface area (Å²) in [5, 5.41) is 2.99. The molecule has 43 heavy (non-hydrogen) atoms. The van der Waals surface area contributed by atoms with Crippen LogP contribution in [-0.4, -0.2) is 56.1 Å². The van der Waals surface area contributed by atoms with Gasteiger partial charge in [-0.2, -0.15) is 0 Å². The van der Waals surface area contributed by atoms with Gasteiger partial charge in [-0.1, -0.05) is 48.9 Å². The van der Waals surface area contributed by atoms with Gasteiger partial charge in [-0.3, -0.25) is 13.9 Å². The number of benzene rings is 3. The second-order valence-corrected chi connectivity index (χ2v) is 14.0. The van der Waals surface area contributed by atoms with Crippen LogP contribution in [0.2, 0.25) is 0 Å². The van der Waals surface area contributed by atoms with Crippen LogP contribution in [0.5, 0.6) is 5.75 Å². The van der Waals surface area contributed by atoms with E-state index < -0.39 is 34.1 Å². The zero-order valence-electron chi connectivity index (χ0n) is 26.1. The van der Waals surface area contributed by atoms with Crippen molar-refractivity contribution < 1.29 is 22.7 Å². The third kappa shape index (κ3) is 9.00. The molecule has 3 aromatic rings. The van der Waals surface area contributed by atoms with E-state index in [1.807, 2.05) is 72.1 Å². The van der Waals surface area contributed by atoms with E-state index in [1.165, 1.54) is 28.8 Å². The highest BCUT2D eigenvalue weighted by Crippen LogP contribution is 2.33. The zero-order chi connectivity index (χ0) is 31.8. The van der Waals surface area contributed by atoms with Gasteiger partial charge >= 0.3 is 0 Å². The summed E-state index contributed by atoms with van der Waals surface area (Å²) in [6.07, 6.45) is 2.26. The van der Waals surface area contributed by atoms with Crippen molar-refractivity contribution in [3.8, 4) is 5.75 Å². The number of nitrogens with one attached hydrogen (secondary N) is 1. The predicted octanol–water partition coefficient (Wildman–Crippen LogP) is 6.03. The van der Waals surface area contributed by atoms with E-state index in [1.54, 1.807) is 36.4 Å². The predicted molar refractivity (Wildman–Crippen MR) is 174 cm³/mol. The molecule has 3 rings (SSSR count). The minimum atomic E-state index is -4.21. The highest BCUT2D eigenvalue weighted by Gasteiger charge is 2.35. The monoisotopic (exact) mass is 625 g/mol. The normalized spacial score (nSPS) is 12.3. The lowest BCUT2D eigenvalue weighted by molar-refractivity contribution is -0.141. The number of hydrogen-bond acceptors (Lipinski definition) is 6. The van der Waals surface area contributed by atoms with Gasteiger partial charge in [0.15, 0.2) is 0 Å². The van der Waals surface area contributed by atoms with Crippen LogP contribution in [0.25, 0.3) is 0 Å². The molecule has 0 aliphatic rings. The van der Waals surface area contributed by atoms with Gasteiger partial charge in [-0.05, 0) is 89.3 Å². The number of sulfonamides is 1. The highest BCUT2D eigenvalue weighted by atomic mass is 32.2. The standard InChI is InChI=1S/C33H43N3O5S2/c1-8-28(32(38)34-33(4,5)6)35(22-25-16-14-24(3)15-17-25)31(37)23-36(29-12-10-11-13-30(29)41-9-2)43(39,40)27-20-18-26(42-7)19-21-27/h10-21,28H,8-9,22-23H2,1-7H3,(H,34,38). The summed E-state index contributed by atoms with van der Waals surface area (Å²) in [5.41, 5.74) is 1.63. The number of para-hydroxylation sites is 2. The molecule has 1 N–H and O–H groups in total. The first-order chi connectivity index (χ1) is 20.3. The second-order valence-electron chi connectivity index (χ2n) is 11.3. The summed E-state index contributed by atoms with van der Waals surface area (Å²) in [5.74, 6) is -0.468. The lowest BCUT2D eigenvalue weighted by Gasteiger charge is -2.35. The molecule has 0 radical (unpaired) electrons. The number of carbonyl (C=O) groups is 2. The molecule has 0 spiro atoms. The van der Waals surface area contributed by atoms with Crippen molar-refractivity contribution in [3.05, 3.63) is 83.9 Å². The molecule has 0 aliphatic heterocycles. The van der Waals surface area contributed by atoms with Crippen LogP contribution in [0, 0.1) is 6.92 Å². The van der Waals surface area contributed by atoms with Crippen molar-refractivity contribution in [2.45, 2.75) is 75.9 Å². The molecule has 1 atom stereocenters. The van der Waals surface area contributed by atoms with E-state index in [2.05, 4.69) is 5.32 Å². The van der Waals surface area contributed by atoms with Gasteiger partial charge in [-0.15, -0.1) is 11.8 Å². The van der Waals surface area contributed by atoms with Crippen LogP contribution in [0.1, 0.15) is 52.2 Å². The van der Waals surface area contributed by atoms with E-state index in [-0.39, 0.29) is 23.0 Å². The maximum Gasteiger partial charge on any atom is 0.264 e. The van der Waals surface area contributed by atoms with E-state index in [0.717, 1.165) is 20.3 Å². The van der Waals surface area contributed by atoms with Gasteiger partial charge in [0.25, 0.3) is 10.0 Å². The van der Waals surface area contributed by atoms with Crippen molar-refractivity contribution in [1.82, 2.24) is 10.2 Å². The third-order valence-electron chi connectivity index (χ3n) is 6.72. The van der Waals surface area contributed by atoms with Crippen LogP contribution in [0.3, 0.4) is 0 Å². The minimum Gasteiger partial charge on any atom is -0.492 e. The molecule has 0 heterocycles. The van der Waals surface area contributed by atoms with E-state index in [9.17, 15) is 18.0 Å². The molecular weight excluding hydrogens is 583 g/mol. The number of thioether (sulfide) groups is 1. The van der Waals surface area contributed by atoms with Crippen molar-refractivity contribution in [2.24, 2.45) is 0 Å². The Labute approximate surface area is 260 Å². The van der Waals surface area contributed by atoms with Crippen LogP contribution in [0.4, 0.5) is 5.69 Å². The van der Waals surface area contributed by atoms with Gasteiger partial charge in [0, 0.05) is 17.0 Å². The molecule has 0 saturated carbocycles. The number of aryl methyl sites for hydroxylation is 1. The Morgan fingerprint density at radius 1 is 0.953 bits per heavy atom. The summed E-state index contributed by atoms with van der Waals surface area (Å²) in [7, 11) is -4.21. The number of hydrogen-bond donors (Lipinski definition) is 1. The van der Waals surface area contributed by atoms with Crippen molar-refractivity contribution >= 4 is 39.3 Å². The maximum atomic E-state index is 14.3. The van der Waals surface area contributed by atoms with Gasteiger partial charge in [-0.25, -0.2) is 8.42 Å². The number of nitrogens with zero attached hydrogens (tertiary/aromatic N) is 2. The number of amides is 2. The molecule has 232 valence electrons. The topological polar surface area (TPSA) is 96.0 Å².